The smallest absolute Gasteiger partial charge is 0.284 e. The number of nitro groups is 1. The predicted molar refractivity (Wildman–Crippen MR) is 88.1 cm³/mol. The van der Waals surface area contributed by atoms with Crippen LogP contribution in [-0.2, 0) is 4.79 Å². The van der Waals surface area contributed by atoms with Gasteiger partial charge in [-0.3, -0.25) is 19.7 Å². The number of nitrogens with one attached hydrogen (secondary N) is 2. The summed E-state index contributed by atoms with van der Waals surface area (Å²) in [5, 5.41) is 16.2. The molecule has 0 aromatic heterocycles. The molecule has 0 spiro atoms. The van der Waals surface area contributed by atoms with Crippen molar-refractivity contribution in [3.63, 3.8) is 0 Å². The van der Waals surface area contributed by atoms with Crippen molar-refractivity contribution in [3.05, 3.63) is 38.3 Å². The summed E-state index contributed by atoms with van der Waals surface area (Å²) in [7, 11) is 0. The van der Waals surface area contributed by atoms with Crippen LogP contribution >= 0.6 is 15.9 Å². The molecule has 1 aromatic carbocycles. The third kappa shape index (κ3) is 5.02. The lowest BCUT2D eigenvalue weighted by Crippen LogP contribution is -2.42. The Kier molecular flexibility index (Phi) is 6.09. The van der Waals surface area contributed by atoms with E-state index in [1.54, 1.807) is 0 Å². The van der Waals surface area contributed by atoms with E-state index in [-0.39, 0.29) is 29.7 Å². The third-order valence-electron chi connectivity index (χ3n) is 3.78. The SMILES string of the molecule is O=C(CNC(=O)c1ccc(Br)c([N+](=O)[O-])c1)NC1CCCCC1. The van der Waals surface area contributed by atoms with Gasteiger partial charge < -0.3 is 10.6 Å². The van der Waals surface area contributed by atoms with Gasteiger partial charge in [0, 0.05) is 17.7 Å². The van der Waals surface area contributed by atoms with Crippen LogP contribution < -0.4 is 10.6 Å². The van der Waals surface area contributed by atoms with E-state index >= 15 is 0 Å². The number of hydrogen-bond acceptors (Lipinski definition) is 4. The molecule has 0 aliphatic heterocycles. The molecule has 23 heavy (non-hydrogen) atoms. The van der Waals surface area contributed by atoms with Crippen molar-refractivity contribution in [2.24, 2.45) is 0 Å². The van der Waals surface area contributed by atoms with E-state index in [0.717, 1.165) is 25.7 Å². The van der Waals surface area contributed by atoms with Crippen LogP contribution in [0, 0.1) is 10.1 Å². The van der Waals surface area contributed by atoms with E-state index in [0.29, 0.717) is 4.47 Å². The van der Waals surface area contributed by atoms with Crippen molar-refractivity contribution in [1.82, 2.24) is 10.6 Å². The van der Waals surface area contributed by atoms with E-state index < -0.39 is 10.8 Å². The predicted octanol–water partition coefficient (Wildman–Crippen LogP) is 2.54. The summed E-state index contributed by atoms with van der Waals surface area (Å²) in [5.74, 6) is -0.753. The first-order chi connectivity index (χ1) is 11.0. The average molecular weight is 384 g/mol. The fourth-order valence-corrected chi connectivity index (χ4v) is 2.97. The molecule has 0 bridgehead atoms. The normalized spacial score (nSPS) is 15.0. The molecule has 1 aliphatic rings. The molecular formula is C15H18BrN3O4. The Balaban J connectivity index is 1.88. The zero-order chi connectivity index (χ0) is 16.8. The quantitative estimate of drug-likeness (QED) is 0.602. The minimum Gasteiger partial charge on any atom is -0.352 e. The Morgan fingerprint density at radius 3 is 2.61 bits per heavy atom. The maximum atomic E-state index is 12.0. The number of nitrogens with zero attached hydrogens (tertiary/aromatic N) is 1. The molecule has 7 nitrogen and oxygen atoms in total. The van der Waals surface area contributed by atoms with Crippen molar-refractivity contribution in [3.8, 4) is 0 Å². The van der Waals surface area contributed by atoms with Crippen LogP contribution in [0.3, 0.4) is 0 Å². The fourth-order valence-electron chi connectivity index (χ4n) is 2.58. The number of halogens is 1. The second kappa shape index (κ2) is 8.05. The summed E-state index contributed by atoms with van der Waals surface area (Å²) >= 11 is 3.06. The van der Waals surface area contributed by atoms with Crippen LogP contribution in [0.2, 0.25) is 0 Å². The number of benzene rings is 1. The highest BCUT2D eigenvalue weighted by molar-refractivity contribution is 9.10. The van der Waals surface area contributed by atoms with Crippen LogP contribution in [0.15, 0.2) is 22.7 Å². The molecule has 1 aromatic rings. The molecule has 0 heterocycles. The standard InChI is InChI=1S/C15H18BrN3O4/c16-12-7-6-10(8-13(12)19(22)23)15(21)17-9-14(20)18-11-4-2-1-3-5-11/h6-8,11H,1-5,9H2,(H,17,21)(H,18,20). The van der Waals surface area contributed by atoms with Crippen molar-refractivity contribution in [2.75, 3.05) is 6.54 Å². The number of amides is 2. The summed E-state index contributed by atoms with van der Waals surface area (Å²) in [6, 6.07) is 4.26. The first-order valence-electron chi connectivity index (χ1n) is 7.49. The summed E-state index contributed by atoms with van der Waals surface area (Å²) in [4.78, 5) is 34.1. The molecule has 1 aliphatic carbocycles. The molecule has 2 amide bonds. The molecule has 0 saturated heterocycles. The van der Waals surface area contributed by atoms with Gasteiger partial charge in [-0.1, -0.05) is 19.3 Å². The van der Waals surface area contributed by atoms with E-state index in [9.17, 15) is 19.7 Å². The third-order valence-corrected chi connectivity index (χ3v) is 4.46. The Morgan fingerprint density at radius 1 is 1.26 bits per heavy atom. The van der Waals surface area contributed by atoms with Crippen molar-refractivity contribution >= 4 is 33.4 Å². The molecule has 0 atom stereocenters. The molecular weight excluding hydrogens is 366 g/mol. The minimum absolute atomic E-state index is 0.140. The molecule has 0 unspecified atom stereocenters. The zero-order valence-electron chi connectivity index (χ0n) is 12.5. The van der Waals surface area contributed by atoms with Gasteiger partial charge in [0.05, 0.1) is 15.9 Å². The highest BCUT2D eigenvalue weighted by Gasteiger charge is 2.18. The van der Waals surface area contributed by atoms with Crippen LogP contribution in [0.25, 0.3) is 0 Å². The topological polar surface area (TPSA) is 101 Å². The number of carbonyl (C=O) groups is 2. The lowest BCUT2D eigenvalue weighted by Gasteiger charge is -2.22. The first-order valence-corrected chi connectivity index (χ1v) is 8.28. The van der Waals surface area contributed by atoms with Gasteiger partial charge in [0.2, 0.25) is 5.91 Å². The Morgan fingerprint density at radius 2 is 1.96 bits per heavy atom. The monoisotopic (exact) mass is 383 g/mol. The van der Waals surface area contributed by atoms with E-state index in [1.165, 1.54) is 24.6 Å². The minimum atomic E-state index is -0.573. The maximum Gasteiger partial charge on any atom is 0.284 e. The molecule has 8 heteroatoms. The van der Waals surface area contributed by atoms with Crippen molar-refractivity contribution < 1.29 is 14.5 Å². The van der Waals surface area contributed by atoms with Gasteiger partial charge in [-0.15, -0.1) is 0 Å². The van der Waals surface area contributed by atoms with Crippen LogP contribution in [0.4, 0.5) is 5.69 Å². The lowest BCUT2D eigenvalue weighted by molar-refractivity contribution is -0.385. The van der Waals surface area contributed by atoms with Gasteiger partial charge >= 0.3 is 0 Å². The number of nitro benzene ring substituents is 1. The van der Waals surface area contributed by atoms with Crippen LogP contribution in [0.1, 0.15) is 42.5 Å². The zero-order valence-corrected chi connectivity index (χ0v) is 14.1. The van der Waals surface area contributed by atoms with Gasteiger partial charge in [-0.2, -0.15) is 0 Å². The fraction of sp³-hybridized carbons (Fsp3) is 0.467. The molecule has 2 N–H and O–H groups in total. The van der Waals surface area contributed by atoms with Crippen molar-refractivity contribution in [1.29, 1.82) is 0 Å². The summed E-state index contributed by atoms with van der Waals surface area (Å²) in [6.07, 6.45) is 5.36. The molecule has 0 radical (unpaired) electrons. The van der Waals surface area contributed by atoms with E-state index in [1.807, 2.05) is 0 Å². The molecule has 2 rings (SSSR count). The summed E-state index contributed by atoms with van der Waals surface area (Å²) < 4.78 is 0.300. The number of rotatable bonds is 5. The number of carbonyl (C=O) groups excluding carboxylic acids is 2. The van der Waals surface area contributed by atoms with Gasteiger partial charge in [0.1, 0.15) is 0 Å². The molecule has 124 valence electrons. The maximum absolute atomic E-state index is 12.0. The largest absolute Gasteiger partial charge is 0.352 e. The Bertz CT molecular complexity index is 615. The van der Waals surface area contributed by atoms with Crippen LogP contribution in [-0.4, -0.2) is 29.3 Å². The number of hydrogen-bond donors (Lipinski definition) is 2. The van der Waals surface area contributed by atoms with Gasteiger partial charge in [0.25, 0.3) is 11.6 Å². The summed E-state index contributed by atoms with van der Waals surface area (Å²) in [5.41, 5.74) is -0.0466. The van der Waals surface area contributed by atoms with E-state index in [4.69, 9.17) is 0 Å². The van der Waals surface area contributed by atoms with Gasteiger partial charge in [-0.25, -0.2) is 0 Å². The second-order valence-electron chi connectivity index (χ2n) is 5.51. The average Bonchev–Trinajstić information content (AvgIpc) is 2.53. The lowest BCUT2D eigenvalue weighted by atomic mass is 9.95. The second-order valence-corrected chi connectivity index (χ2v) is 6.36. The van der Waals surface area contributed by atoms with Gasteiger partial charge in [-0.05, 0) is 40.9 Å². The summed E-state index contributed by atoms with van der Waals surface area (Å²) in [6.45, 7) is -0.140. The first kappa shape index (κ1) is 17.4. The highest BCUT2D eigenvalue weighted by atomic mass is 79.9. The van der Waals surface area contributed by atoms with Crippen molar-refractivity contribution in [2.45, 2.75) is 38.1 Å². The molecule has 1 saturated carbocycles. The highest BCUT2D eigenvalue weighted by Crippen LogP contribution is 2.25. The molecule has 1 fully saturated rings. The van der Waals surface area contributed by atoms with Crippen LogP contribution in [0.5, 0.6) is 0 Å². The van der Waals surface area contributed by atoms with Gasteiger partial charge in [0.15, 0.2) is 0 Å². The Hall–Kier alpha value is -1.96. The Labute approximate surface area is 142 Å². The van der Waals surface area contributed by atoms with E-state index in [2.05, 4.69) is 26.6 Å².